The summed E-state index contributed by atoms with van der Waals surface area (Å²) in [4.78, 5) is 0. The topological polar surface area (TPSA) is 56.7 Å². The molecule has 2 N–H and O–H groups in total. The second-order valence-corrected chi connectivity index (χ2v) is 4.69. The van der Waals surface area contributed by atoms with Crippen molar-refractivity contribution in [2.45, 2.75) is 19.9 Å². The van der Waals surface area contributed by atoms with Crippen molar-refractivity contribution >= 4 is 15.9 Å². The lowest BCUT2D eigenvalue weighted by Crippen LogP contribution is -2.04. The van der Waals surface area contributed by atoms with Gasteiger partial charge in [0, 0.05) is 10.5 Å². The quantitative estimate of drug-likeness (QED) is 0.919. The highest BCUT2D eigenvalue weighted by Crippen LogP contribution is 2.22. The summed E-state index contributed by atoms with van der Waals surface area (Å²) >= 11 is 3.51. The van der Waals surface area contributed by atoms with Crippen LogP contribution in [0, 0.1) is 6.92 Å². The molecule has 1 unspecified atom stereocenters. The molecule has 0 bridgehead atoms. The average molecular weight is 281 g/mol. The maximum Gasteiger partial charge on any atom is 0.0995 e. The standard InChI is InChI=1S/C11H13BrN4/c1-7-3-4-11(9(12)5-7)16-6-10(8(2)13)14-15-16/h3-6,8H,13H2,1-2H3. The fourth-order valence-electron chi connectivity index (χ4n) is 1.40. The van der Waals surface area contributed by atoms with E-state index < -0.39 is 0 Å². The van der Waals surface area contributed by atoms with Gasteiger partial charge in [-0.1, -0.05) is 11.3 Å². The summed E-state index contributed by atoms with van der Waals surface area (Å²) in [5.74, 6) is 0. The molecule has 2 rings (SSSR count). The SMILES string of the molecule is Cc1ccc(-n2cc(C(C)N)nn2)c(Br)c1. The zero-order valence-corrected chi connectivity index (χ0v) is 10.8. The summed E-state index contributed by atoms with van der Waals surface area (Å²) in [6, 6.07) is 5.98. The van der Waals surface area contributed by atoms with Crippen molar-refractivity contribution in [2.24, 2.45) is 5.73 Å². The van der Waals surface area contributed by atoms with Crippen molar-refractivity contribution in [3.8, 4) is 5.69 Å². The van der Waals surface area contributed by atoms with Crippen LogP contribution >= 0.6 is 15.9 Å². The molecule has 5 heteroatoms. The molecule has 4 nitrogen and oxygen atoms in total. The maximum atomic E-state index is 5.74. The highest BCUT2D eigenvalue weighted by molar-refractivity contribution is 9.10. The summed E-state index contributed by atoms with van der Waals surface area (Å²) in [5, 5.41) is 8.08. The number of rotatable bonds is 2. The van der Waals surface area contributed by atoms with Crippen LogP contribution in [-0.2, 0) is 0 Å². The molecule has 84 valence electrons. The van der Waals surface area contributed by atoms with E-state index >= 15 is 0 Å². The van der Waals surface area contributed by atoms with Crippen LogP contribution in [0.5, 0.6) is 0 Å². The van der Waals surface area contributed by atoms with Gasteiger partial charge in [0.2, 0.25) is 0 Å². The Kier molecular flexibility index (Phi) is 3.07. The lowest BCUT2D eigenvalue weighted by molar-refractivity contribution is 0.756. The first kappa shape index (κ1) is 11.3. The van der Waals surface area contributed by atoms with Crippen LogP contribution in [0.1, 0.15) is 24.2 Å². The van der Waals surface area contributed by atoms with E-state index in [9.17, 15) is 0 Å². The summed E-state index contributed by atoms with van der Waals surface area (Å²) < 4.78 is 2.72. The Labute approximate surface area is 103 Å². The number of halogens is 1. The van der Waals surface area contributed by atoms with E-state index in [-0.39, 0.29) is 6.04 Å². The molecule has 0 aliphatic rings. The monoisotopic (exact) mass is 280 g/mol. The molecule has 1 aromatic heterocycles. The minimum atomic E-state index is -0.0991. The first-order valence-corrected chi connectivity index (χ1v) is 5.81. The zero-order valence-electron chi connectivity index (χ0n) is 9.18. The molecule has 2 aromatic rings. The van der Waals surface area contributed by atoms with Gasteiger partial charge in [0.15, 0.2) is 0 Å². The third kappa shape index (κ3) is 2.15. The van der Waals surface area contributed by atoms with Gasteiger partial charge in [-0.15, -0.1) is 5.10 Å². The van der Waals surface area contributed by atoms with Crippen molar-refractivity contribution in [2.75, 3.05) is 0 Å². The van der Waals surface area contributed by atoms with Crippen LogP contribution in [0.15, 0.2) is 28.9 Å². The maximum absolute atomic E-state index is 5.74. The Morgan fingerprint density at radius 2 is 2.19 bits per heavy atom. The Morgan fingerprint density at radius 1 is 1.44 bits per heavy atom. The fraction of sp³-hybridized carbons (Fsp3) is 0.273. The molecule has 0 saturated heterocycles. The van der Waals surface area contributed by atoms with Crippen molar-refractivity contribution < 1.29 is 0 Å². The van der Waals surface area contributed by atoms with E-state index in [2.05, 4.69) is 26.2 Å². The minimum Gasteiger partial charge on any atom is -0.323 e. The Morgan fingerprint density at radius 3 is 2.75 bits per heavy atom. The van der Waals surface area contributed by atoms with E-state index in [0.717, 1.165) is 15.9 Å². The zero-order chi connectivity index (χ0) is 11.7. The van der Waals surface area contributed by atoms with E-state index in [1.54, 1.807) is 4.68 Å². The van der Waals surface area contributed by atoms with Crippen LogP contribution < -0.4 is 5.73 Å². The molecule has 0 aliphatic carbocycles. The van der Waals surface area contributed by atoms with Gasteiger partial charge in [0.05, 0.1) is 17.6 Å². The Balaban J connectivity index is 2.42. The van der Waals surface area contributed by atoms with Gasteiger partial charge in [-0.05, 0) is 47.5 Å². The molecule has 1 aromatic carbocycles. The molecule has 0 fully saturated rings. The van der Waals surface area contributed by atoms with Crippen molar-refractivity contribution in [3.63, 3.8) is 0 Å². The van der Waals surface area contributed by atoms with Crippen LogP contribution in [0.2, 0.25) is 0 Å². The third-order valence-electron chi connectivity index (χ3n) is 2.33. The lowest BCUT2D eigenvalue weighted by atomic mass is 10.2. The highest BCUT2D eigenvalue weighted by atomic mass is 79.9. The molecule has 1 heterocycles. The molecule has 0 aliphatic heterocycles. The van der Waals surface area contributed by atoms with Gasteiger partial charge in [-0.2, -0.15) is 0 Å². The van der Waals surface area contributed by atoms with Crippen molar-refractivity contribution in [3.05, 3.63) is 40.1 Å². The van der Waals surface area contributed by atoms with Crippen LogP contribution in [0.4, 0.5) is 0 Å². The molecule has 16 heavy (non-hydrogen) atoms. The number of hydrogen-bond acceptors (Lipinski definition) is 3. The van der Waals surface area contributed by atoms with Crippen LogP contribution in [0.25, 0.3) is 5.69 Å². The largest absolute Gasteiger partial charge is 0.323 e. The first-order valence-electron chi connectivity index (χ1n) is 5.02. The van der Waals surface area contributed by atoms with Crippen molar-refractivity contribution in [1.82, 2.24) is 15.0 Å². The van der Waals surface area contributed by atoms with Gasteiger partial charge in [-0.25, -0.2) is 4.68 Å². The molecule has 0 spiro atoms. The predicted octanol–water partition coefficient (Wildman–Crippen LogP) is 2.36. The normalized spacial score (nSPS) is 12.8. The Hall–Kier alpha value is -1.20. The molecule has 0 amide bonds. The summed E-state index contributed by atoms with van der Waals surface area (Å²) in [5.41, 5.74) is 8.68. The van der Waals surface area contributed by atoms with Gasteiger partial charge in [0.1, 0.15) is 0 Å². The highest BCUT2D eigenvalue weighted by Gasteiger charge is 2.08. The third-order valence-corrected chi connectivity index (χ3v) is 2.96. The fourth-order valence-corrected chi connectivity index (χ4v) is 2.08. The van der Waals surface area contributed by atoms with Gasteiger partial charge < -0.3 is 5.73 Å². The van der Waals surface area contributed by atoms with E-state index in [0.29, 0.717) is 0 Å². The second-order valence-electron chi connectivity index (χ2n) is 3.83. The molecule has 1 atom stereocenters. The summed E-state index contributed by atoms with van der Waals surface area (Å²) in [6.45, 7) is 3.93. The number of aromatic nitrogens is 3. The van der Waals surface area contributed by atoms with Crippen LogP contribution in [0.3, 0.4) is 0 Å². The number of aryl methyl sites for hydroxylation is 1. The number of benzene rings is 1. The van der Waals surface area contributed by atoms with E-state index in [1.165, 1.54) is 5.56 Å². The number of nitrogens with two attached hydrogens (primary N) is 1. The number of nitrogens with zero attached hydrogens (tertiary/aromatic N) is 3. The molecule has 0 radical (unpaired) electrons. The number of hydrogen-bond donors (Lipinski definition) is 1. The summed E-state index contributed by atoms with van der Waals surface area (Å²) in [6.07, 6.45) is 1.85. The average Bonchev–Trinajstić information content (AvgIpc) is 2.66. The smallest absolute Gasteiger partial charge is 0.0995 e. The summed E-state index contributed by atoms with van der Waals surface area (Å²) in [7, 11) is 0. The Bertz CT molecular complexity index is 504. The van der Waals surface area contributed by atoms with Gasteiger partial charge in [-0.3, -0.25) is 0 Å². The molecular weight excluding hydrogens is 268 g/mol. The lowest BCUT2D eigenvalue weighted by Gasteiger charge is -2.04. The van der Waals surface area contributed by atoms with E-state index in [4.69, 9.17) is 5.73 Å². The molecular formula is C11H13BrN4. The second kappa shape index (κ2) is 4.35. The minimum absolute atomic E-state index is 0.0991. The first-order chi connectivity index (χ1) is 7.58. The molecule has 0 saturated carbocycles. The van der Waals surface area contributed by atoms with Crippen LogP contribution in [-0.4, -0.2) is 15.0 Å². The van der Waals surface area contributed by atoms with Gasteiger partial charge in [0.25, 0.3) is 0 Å². The van der Waals surface area contributed by atoms with Crippen molar-refractivity contribution in [1.29, 1.82) is 0 Å². The predicted molar refractivity (Wildman–Crippen MR) is 66.4 cm³/mol. The van der Waals surface area contributed by atoms with E-state index in [1.807, 2.05) is 38.2 Å². The van der Waals surface area contributed by atoms with Gasteiger partial charge >= 0.3 is 0 Å².